The number of fused-ring (bicyclic) bond motifs is 4. The fourth-order valence-electron chi connectivity index (χ4n) is 5.12. The van der Waals surface area contributed by atoms with Crippen molar-refractivity contribution < 1.29 is 18.3 Å². The monoisotopic (exact) mass is 456 g/mol. The minimum atomic E-state index is -1.74. The van der Waals surface area contributed by atoms with Gasteiger partial charge in [0.15, 0.2) is 11.2 Å². The molecule has 1 N–H and O–H groups in total. The molecule has 0 radical (unpaired) electrons. The molecule has 6 rings (SSSR count). The zero-order valence-corrected chi connectivity index (χ0v) is 18.0. The van der Waals surface area contributed by atoms with Gasteiger partial charge in [-0.1, -0.05) is 36.4 Å². The molecule has 2 aromatic carbocycles. The Bertz CT molecular complexity index is 1370. The molecule has 0 saturated carbocycles. The zero-order valence-electron chi connectivity index (χ0n) is 18.0. The number of benzene rings is 2. The van der Waals surface area contributed by atoms with Gasteiger partial charge in [0, 0.05) is 30.6 Å². The van der Waals surface area contributed by atoms with Gasteiger partial charge in [-0.25, -0.2) is 9.97 Å². The molecule has 2 aliphatic rings. The molecule has 2 aromatic heterocycles. The second-order valence-electron chi connectivity index (χ2n) is 8.23. The molecule has 0 atom stereocenters. The highest BCUT2D eigenvalue weighted by Gasteiger charge is 2.64. The van der Waals surface area contributed by atoms with Gasteiger partial charge in [-0.3, -0.25) is 10.1 Å². The molecule has 0 unspecified atom stereocenters. The van der Waals surface area contributed by atoms with Crippen molar-refractivity contribution in [1.82, 2.24) is 20.2 Å². The van der Waals surface area contributed by atoms with E-state index in [2.05, 4.69) is 15.3 Å². The second-order valence-corrected chi connectivity index (χ2v) is 8.23. The minimum Gasteiger partial charge on any atom is -0.457 e. The predicted octanol–water partition coefficient (Wildman–Crippen LogP) is 4.07. The highest BCUT2D eigenvalue weighted by Crippen LogP contribution is 2.54. The number of ether oxygens (including phenoxy) is 1. The molecular weight excluding hydrogens is 438 g/mol. The highest BCUT2D eigenvalue weighted by molar-refractivity contribution is 5.97. The Kier molecular flexibility index (Phi) is 4.31. The van der Waals surface area contributed by atoms with E-state index >= 15 is 8.78 Å². The fourth-order valence-corrected chi connectivity index (χ4v) is 5.12. The molecule has 1 saturated heterocycles. The lowest BCUT2D eigenvalue weighted by molar-refractivity contribution is -0.132. The first kappa shape index (κ1) is 20.4. The van der Waals surface area contributed by atoms with Crippen LogP contribution in [0.15, 0.2) is 85.2 Å². The van der Waals surface area contributed by atoms with E-state index in [-0.39, 0.29) is 11.1 Å². The van der Waals surface area contributed by atoms with Crippen LogP contribution in [0.1, 0.15) is 22.3 Å². The Labute approximate surface area is 193 Å². The number of hydrogen-bond acceptors (Lipinski definition) is 5. The molecule has 34 heavy (non-hydrogen) atoms. The Morgan fingerprint density at radius 1 is 0.765 bits per heavy atom. The number of carbonyl (C=O) groups excluding carboxylic acids is 1. The van der Waals surface area contributed by atoms with E-state index in [1.54, 1.807) is 60.7 Å². The summed E-state index contributed by atoms with van der Waals surface area (Å²) in [6.07, 6.45) is 2.61. The first-order chi connectivity index (χ1) is 16.5. The van der Waals surface area contributed by atoms with Gasteiger partial charge in [0.2, 0.25) is 11.9 Å². The molecule has 8 heteroatoms. The molecule has 1 spiro atoms. The standard InChI is InChI=1S/C26H18F2N4O2/c1-32-24(33)25(16-8-2-4-12-20(16)34-21-13-5-3-9-17(21)25)31-26(32,18-10-6-14-29-22(18)27)19-11-7-15-30-23(19)28/h2-15,31H,1H3. The van der Waals surface area contributed by atoms with E-state index < -0.39 is 29.0 Å². The van der Waals surface area contributed by atoms with Gasteiger partial charge in [-0.05, 0) is 36.4 Å². The van der Waals surface area contributed by atoms with Gasteiger partial charge in [0.1, 0.15) is 11.5 Å². The Balaban J connectivity index is 1.72. The quantitative estimate of drug-likeness (QED) is 0.461. The summed E-state index contributed by atoms with van der Waals surface area (Å²) in [4.78, 5) is 23.2. The first-order valence-electron chi connectivity index (χ1n) is 10.7. The van der Waals surface area contributed by atoms with Crippen LogP contribution < -0.4 is 10.1 Å². The zero-order chi connectivity index (χ0) is 23.5. The van der Waals surface area contributed by atoms with E-state index in [1.807, 2.05) is 0 Å². The van der Waals surface area contributed by atoms with Crippen molar-refractivity contribution in [2.24, 2.45) is 0 Å². The third-order valence-corrected chi connectivity index (χ3v) is 6.60. The highest BCUT2D eigenvalue weighted by atomic mass is 19.1. The van der Waals surface area contributed by atoms with Crippen LogP contribution in [0.4, 0.5) is 8.78 Å². The summed E-state index contributed by atoms with van der Waals surface area (Å²) in [5, 5.41) is 3.38. The van der Waals surface area contributed by atoms with Crippen molar-refractivity contribution in [3.05, 3.63) is 119 Å². The maximum Gasteiger partial charge on any atom is 0.254 e. The number of nitrogens with zero attached hydrogens (tertiary/aromatic N) is 3. The fraction of sp³-hybridized carbons (Fsp3) is 0.115. The number of pyridine rings is 2. The molecule has 1 fully saturated rings. The summed E-state index contributed by atoms with van der Waals surface area (Å²) in [6.45, 7) is 0. The maximum absolute atomic E-state index is 15.3. The summed E-state index contributed by atoms with van der Waals surface area (Å²) in [6, 6.07) is 20.3. The van der Waals surface area contributed by atoms with Crippen LogP contribution in [-0.4, -0.2) is 27.8 Å². The van der Waals surface area contributed by atoms with E-state index in [9.17, 15) is 4.79 Å². The molecule has 1 amide bonds. The van der Waals surface area contributed by atoms with Gasteiger partial charge in [-0.15, -0.1) is 0 Å². The van der Waals surface area contributed by atoms with E-state index in [0.717, 1.165) is 0 Å². The number of halogens is 2. The number of rotatable bonds is 2. The van der Waals surface area contributed by atoms with Crippen LogP contribution in [0.25, 0.3) is 0 Å². The van der Waals surface area contributed by atoms with Gasteiger partial charge in [0.05, 0.1) is 11.1 Å². The average molecular weight is 456 g/mol. The lowest BCUT2D eigenvalue weighted by Gasteiger charge is -2.39. The van der Waals surface area contributed by atoms with Crippen LogP contribution in [0.2, 0.25) is 0 Å². The van der Waals surface area contributed by atoms with Crippen molar-refractivity contribution in [3.63, 3.8) is 0 Å². The van der Waals surface area contributed by atoms with E-state index in [1.165, 1.54) is 36.5 Å². The molecule has 2 aliphatic heterocycles. The Morgan fingerprint density at radius 2 is 1.24 bits per heavy atom. The number of likely N-dealkylation sites (N-methyl/N-ethyl adjacent to an activating group) is 1. The number of nitrogens with one attached hydrogen (secondary N) is 1. The SMILES string of the molecule is CN1C(=O)C2(NC1(c1cccnc1F)c1cccnc1F)c1ccccc1Oc1ccccc12. The molecule has 4 heterocycles. The number of aromatic nitrogens is 2. The summed E-state index contributed by atoms with van der Waals surface area (Å²) in [5.41, 5.74) is -2.15. The van der Waals surface area contributed by atoms with Gasteiger partial charge >= 0.3 is 0 Å². The van der Waals surface area contributed by atoms with Gasteiger partial charge in [0.25, 0.3) is 5.91 Å². The smallest absolute Gasteiger partial charge is 0.254 e. The minimum absolute atomic E-state index is 0.00363. The molecular formula is C26H18F2N4O2. The van der Waals surface area contributed by atoms with Crippen LogP contribution in [0.3, 0.4) is 0 Å². The first-order valence-corrected chi connectivity index (χ1v) is 10.7. The average Bonchev–Trinajstić information content (AvgIpc) is 3.09. The Hall–Kier alpha value is -4.17. The van der Waals surface area contributed by atoms with Crippen LogP contribution >= 0.6 is 0 Å². The topological polar surface area (TPSA) is 67.4 Å². The lowest BCUT2D eigenvalue weighted by Crippen LogP contribution is -2.53. The van der Waals surface area contributed by atoms with Crippen LogP contribution in [-0.2, 0) is 16.0 Å². The largest absolute Gasteiger partial charge is 0.457 e. The van der Waals surface area contributed by atoms with Crippen molar-refractivity contribution in [1.29, 1.82) is 0 Å². The molecule has 6 nitrogen and oxygen atoms in total. The third-order valence-electron chi connectivity index (χ3n) is 6.60. The molecule has 4 aromatic rings. The molecule has 168 valence electrons. The van der Waals surface area contributed by atoms with Crippen molar-refractivity contribution >= 4 is 5.91 Å². The number of hydrogen-bond donors (Lipinski definition) is 1. The lowest BCUT2D eigenvalue weighted by atomic mass is 9.79. The van der Waals surface area contributed by atoms with Crippen LogP contribution in [0.5, 0.6) is 11.5 Å². The molecule has 0 aliphatic carbocycles. The summed E-state index contributed by atoms with van der Waals surface area (Å²) >= 11 is 0. The van der Waals surface area contributed by atoms with Crippen LogP contribution in [0, 0.1) is 11.9 Å². The summed E-state index contributed by atoms with van der Waals surface area (Å²) < 4.78 is 36.7. The van der Waals surface area contributed by atoms with E-state index in [0.29, 0.717) is 22.6 Å². The predicted molar refractivity (Wildman–Crippen MR) is 119 cm³/mol. The number of amides is 1. The maximum atomic E-state index is 15.3. The van der Waals surface area contributed by atoms with Gasteiger partial charge < -0.3 is 9.64 Å². The summed E-state index contributed by atoms with van der Waals surface area (Å²) in [7, 11) is 1.52. The van der Waals surface area contributed by atoms with Crippen molar-refractivity contribution in [2.45, 2.75) is 11.2 Å². The number of para-hydroxylation sites is 2. The van der Waals surface area contributed by atoms with Gasteiger partial charge in [-0.2, -0.15) is 8.78 Å². The molecule has 0 bridgehead atoms. The Morgan fingerprint density at radius 3 is 1.74 bits per heavy atom. The van der Waals surface area contributed by atoms with Crippen molar-refractivity contribution in [2.75, 3.05) is 7.05 Å². The normalized spacial score (nSPS) is 17.3. The second kappa shape index (κ2) is 7.16. The van der Waals surface area contributed by atoms with E-state index in [4.69, 9.17) is 4.74 Å². The summed E-state index contributed by atoms with van der Waals surface area (Å²) in [5.74, 6) is -1.11. The third kappa shape index (κ3) is 2.48. The van der Waals surface area contributed by atoms with Crippen molar-refractivity contribution in [3.8, 4) is 11.5 Å². The number of carbonyl (C=O) groups is 1.